The van der Waals surface area contributed by atoms with Gasteiger partial charge in [0, 0.05) is 49.4 Å². The van der Waals surface area contributed by atoms with E-state index in [9.17, 15) is 9.59 Å². The summed E-state index contributed by atoms with van der Waals surface area (Å²) in [5.41, 5.74) is 1.16. The van der Waals surface area contributed by atoms with Crippen LogP contribution in [0.4, 0.5) is 0 Å². The predicted octanol–water partition coefficient (Wildman–Crippen LogP) is 3.36. The van der Waals surface area contributed by atoms with E-state index in [-0.39, 0.29) is 23.8 Å². The minimum atomic E-state index is -0.467. The van der Waals surface area contributed by atoms with Crippen LogP contribution in [0.5, 0.6) is 0 Å². The maximum Gasteiger partial charge on any atom is 0.254 e. The van der Waals surface area contributed by atoms with Crippen LogP contribution in [0, 0.1) is 0 Å². The molecule has 3 aliphatic heterocycles. The molecule has 0 saturated carbocycles. The van der Waals surface area contributed by atoms with Crippen molar-refractivity contribution < 1.29 is 9.59 Å². The summed E-state index contributed by atoms with van der Waals surface area (Å²) in [6.45, 7) is 8.40. The summed E-state index contributed by atoms with van der Waals surface area (Å²) in [5, 5.41) is 3.13. The molecule has 5 rings (SSSR count). The molecule has 2 saturated heterocycles. The second-order valence-electron chi connectivity index (χ2n) is 9.27. The number of thiazole rings is 1. The van der Waals surface area contributed by atoms with E-state index in [1.807, 2.05) is 40.7 Å². The molecule has 1 spiro atoms. The Labute approximate surface area is 187 Å². The van der Waals surface area contributed by atoms with E-state index in [2.05, 4.69) is 28.6 Å². The van der Waals surface area contributed by atoms with E-state index < -0.39 is 5.54 Å². The molecule has 1 atom stereocenters. The number of benzene rings is 1. The van der Waals surface area contributed by atoms with Gasteiger partial charge in [0.2, 0.25) is 5.91 Å². The van der Waals surface area contributed by atoms with Crippen molar-refractivity contribution in [3.8, 4) is 0 Å². The van der Waals surface area contributed by atoms with Crippen molar-refractivity contribution >= 4 is 23.2 Å². The van der Waals surface area contributed by atoms with Crippen LogP contribution in [-0.2, 0) is 11.3 Å². The lowest BCUT2D eigenvalue weighted by Crippen LogP contribution is -2.67. The fourth-order valence-electron chi connectivity index (χ4n) is 5.69. The van der Waals surface area contributed by atoms with Crippen LogP contribution >= 0.6 is 11.3 Å². The monoisotopic (exact) mass is 438 g/mol. The van der Waals surface area contributed by atoms with E-state index in [4.69, 9.17) is 0 Å². The van der Waals surface area contributed by atoms with Crippen molar-refractivity contribution in [2.75, 3.05) is 26.2 Å². The number of carbonyl (C=O) groups excluding carboxylic acids is 2. The highest BCUT2D eigenvalue weighted by atomic mass is 32.1. The lowest BCUT2D eigenvalue weighted by molar-refractivity contribution is -0.142. The number of aromatic nitrogens is 1. The van der Waals surface area contributed by atoms with Crippen molar-refractivity contribution in [1.29, 1.82) is 0 Å². The summed E-state index contributed by atoms with van der Waals surface area (Å²) in [4.78, 5) is 38.4. The third-order valence-corrected chi connectivity index (χ3v) is 8.00. The lowest BCUT2D eigenvalue weighted by Gasteiger charge is -2.57. The summed E-state index contributed by atoms with van der Waals surface area (Å²) in [6.07, 6.45) is 4.54. The second-order valence-corrected chi connectivity index (χ2v) is 10.3. The third-order valence-electron chi connectivity index (χ3n) is 7.23. The molecular weight excluding hydrogens is 408 g/mol. The average molecular weight is 439 g/mol. The molecule has 0 N–H and O–H groups in total. The molecule has 164 valence electrons. The number of nitrogens with zero attached hydrogens (tertiary/aromatic N) is 4. The van der Waals surface area contributed by atoms with Gasteiger partial charge in [0.25, 0.3) is 5.91 Å². The van der Waals surface area contributed by atoms with Crippen LogP contribution < -0.4 is 0 Å². The fraction of sp³-hybridized carbons (Fsp3) is 0.542. The molecule has 7 heteroatoms. The molecule has 6 nitrogen and oxygen atoms in total. The predicted molar refractivity (Wildman–Crippen MR) is 121 cm³/mol. The maximum atomic E-state index is 13.8. The summed E-state index contributed by atoms with van der Waals surface area (Å²) >= 11 is 1.68. The van der Waals surface area contributed by atoms with Gasteiger partial charge in [-0.1, -0.05) is 18.2 Å². The highest BCUT2D eigenvalue weighted by Crippen LogP contribution is 2.49. The van der Waals surface area contributed by atoms with Gasteiger partial charge in [-0.2, -0.15) is 0 Å². The Balaban J connectivity index is 1.53. The van der Waals surface area contributed by atoms with Gasteiger partial charge in [0.15, 0.2) is 0 Å². The molecule has 1 unspecified atom stereocenters. The first-order chi connectivity index (χ1) is 15.0. The molecule has 0 aliphatic carbocycles. The topological polar surface area (TPSA) is 56.8 Å². The fourth-order valence-corrected chi connectivity index (χ4v) is 6.34. The second kappa shape index (κ2) is 8.02. The smallest absolute Gasteiger partial charge is 0.254 e. The Morgan fingerprint density at radius 1 is 1.19 bits per heavy atom. The first kappa shape index (κ1) is 20.6. The molecule has 1 aromatic heterocycles. The number of likely N-dealkylation sites (tertiary alicyclic amines) is 2. The summed E-state index contributed by atoms with van der Waals surface area (Å²) in [6, 6.07) is 7.83. The summed E-state index contributed by atoms with van der Waals surface area (Å²) < 4.78 is 0. The Morgan fingerprint density at radius 3 is 2.55 bits per heavy atom. The summed E-state index contributed by atoms with van der Waals surface area (Å²) in [5.74, 6) is -0.0111. The first-order valence-corrected chi connectivity index (χ1v) is 12.2. The van der Waals surface area contributed by atoms with Crippen LogP contribution in [0.2, 0.25) is 0 Å². The normalized spacial score (nSPS) is 23.2. The minimum Gasteiger partial charge on any atom is -0.342 e. The van der Waals surface area contributed by atoms with Gasteiger partial charge in [-0.15, -0.1) is 11.3 Å². The number of hydrogen-bond acceptors (Lipinski definition) is 5. The Morgan fingerprint density at radius 2 is 1.94 bits per heavy atom. The van der Waals surface area contributed by atoms with Gasteiger partial charge in [-0.05, 0) is 44.7 Å². The Hall–Kier alpha value is -2.25. The largest absolute Gasteiger partial charge is 0.342 e. The molecule has 2 aromatic rings. The van der Waals surface area contributed by atoms with Gasteiger partial charge in [0.05, 0.1) is 18.0 Å². The van der Waals surface area contributed by atoms with Crippen LogP contribution in [-0.4, -0.2) is 69.3 Å². The molecule has 1 aromatic carbocycles. The number of amides is 2. The van der Waals surface area contributed by atoms with Crippen molar-refractivity contribution in [1.82, 2.24) is 19.7 Å². The number of hydrogen-bond donors (Lipinski definition) is 0. The molecule has 4 heterocycles. The van der Waals surface area contributed by atoms with Crippen LogP contribution in [0.1, 0.15) is 60.0 Å². The first-order valence-electron chi connectivity index (χ1n) is 11.3. The van der Waals surface area contributed by atoms with Crippen LogP contribution in [0.15, 0.2) is 35.8 Å². The van der Waals surface area contributed by atoms with Gasteiger partial charge < -0.3 is 9.80 Å². The van der Waals surface area contributed by atoms with Crippen molar-refractivity contribution in [2.45, 2.75) is 57.2 Å². The van der Waals surface area contributed by atoms with Gasteiger partial charge in [-0.3, -0.25) is 14.5 Å². The number of fused-ring (bicyclic) bond motifs is 1. The van der Waals surface area contributed by atoms with Crippen molar-refractivity contribution in [3.63, 3.8) is 0 Å². The van der Waals surface area contributed by atoms with Crippen molar-refractivity contribution in [3.05, 3.63) is 52.0 Å². The number of carbonyl (C=O) groups is 2. The van der Waals surface area contributed by atoms with E-state index in [1.54, 1.807) is 11.3 Å². The average Bonchev–Trinajstić information content (AvgIpc) is 3.21. The quantitative estimate of drug-likeness (QED) is 0.735. The van der Waals surface area contributed by atoms with E-state index in [0.29, 0.717) is 5.56 Å². The number of rotatable bonds is 4. The molecule has 2 amide bonds. The Bertz CT molecular complexity index is 962. The highest BCUT2D eigenvalue weighted by Gasteiger charge is 2.57. The molecule has 0 radical (unpaired) electrons. The maximum absolute atomic E-state index is 13.8. The van der Waals surface area contributed by atoms with Gasteiger partial charge in [-0.25, -0.2) is 4.98 Å². The van der Waals surface area contributed by atoms with E-state index in [0.717, 1.165) is 62.6 Å². The third kappa shape index (κ3) is 3.38. The minimum absolute atomic E-state index is 0.0399. The zero-order valence-corrected chi connectivity index (χ0v) is 19.1. The zero-order chi connectivity index (χ0) is 21.6. The lowest BCUT2D eigenvalue weighted by atomic mass is 9.66. The zero-order valence-electron chi connectivity index (χ0n) is 18.3. The standard InChI is InChI=1S/C24H30N4O2S/c1-17(2)28-22(29)19-7-4-3-6-18(19)21(23(30)27-11-5-12-27)24(28)8-13-26(14-9-24)16-20-25-10-15-31-20/h3-4,6-7,10,15,17,21H,5,8-9,11-14,16H2,1-2H3. The van der Waals surface area contributed by atoms with Crippen LogP contribution in [0.3, 0.4) is 0 Å². The summed E-state index contributed by atoms with van der Waals surface area (Å²) in [7, 11) is 0. The molecular formula is C24H30N4O2S. The molecule has 3 aliphatic rings. The van der Waals surface area contributed by atoms with Gasteiger partial charge in [0.1, 0.15) is 5.01 Å². The van der Waals surface area contributed by atoms with E-state index in [1.165, 1.54) is 0 Å². The molecule has 0 bridgehead atoms. The van der Waals surface area contributed by atoms with Gasteiger partial charge >= 0.3 is 0 Å². The molecule has 2 fully saturated rings. The van der Waals surface area contributed by atoms with Crippen molar-refractivity contribution in [2.24, 2.45) is 0 Å². The Kier molecular flexibility index (Phi) is 5.34. The number of piperidine rings is 1. The highest BCUT2D eigenvalue weighted by molar-refractivity contribution is 7.09. The van der Waals surface area contributed by atoms with E-state index >= 15 is 0 Å². The SMILES string of the molecule is CC(C)N1C(=O)c2ccccc2C(C(=O)N2CCC2)C12CCN(Cc1nccs1)CC2. The molecule has 31 heavy (non-hydrogen) atoms. The van der Waals surface area contributed by atoms with Crippen LogP contribution in [0.25, 0.3) is 0 Å².